The Balaban J connectivity index is 1.44. The highest BCUT2D eigenvalue weighted by Crippen LogP contribution is 2.48. The molecule has 6 rings (SSSR count). The van der Waals surface area contributed by atoms with Gasteiger partial charge in [0.2, 0.25) is 0 Å². The predicted octanol–water partition coefficient (Wildman–Crippen LogP) is 6.23. The van der Waals surface area contributed by atoms with Crippen molar-refractivity contribution in [2.24, 2.45) is 11.8 Å². The summed E-state index contributed by atoms with van der Waals surface area (Å²) >= 11 is 12.8. The van der Waals surface area contributed by atoms with Crippen LogP contribution in [0.3, 0.4) is 0 Å². The Hall–Kier alpha value is -1.03. The Morgan fingerprint density at radius 3 is 2.36 bits per heavy atom. The summed E-state index contributed by atoms with van der Waals surface area (Å²) in [6, 6.07) is 5.53. The first kappa shape index (κ1) is 16.2. The van der Waals surface area contributed by atoms with E-state index in [1.165, 1.54) is 25.7 Å². The highest BCUT2D eigenvalue weighted by atomic mass is 35.5. The third-order valence-electron chi connectivity index (χ3n) is 5.96. The molecule has 0 amide bonds. The van der Waals surface area contributed by atoms with Crippen LogP contribution in [0.5, 0.6) is 0 Å². The molecule has 1 aromatic carbocycles. The SMILES string of the molecule is Clc1cccc(Cl)c1-c1noc(C2CC2)c1COC1CC2CC(C2)C1. The third kappa shape index (κ3) is 3.01. The van der Waals surface area contributed by atoms with Crippen LogP contribution in [0.2, 0.25) is 10.0 Å². The predicted molar refractivity (Wildman–Crippen MR) is 98.0 cm³/mol. The minimum absolute atomic E-state index is 0.369. The van der Waals surface area contributed by atoms with Crippen LogP contribution in [0, 0.1) is 11.8 Å². The Bertz CT molecular complexity index is 763. The van der Waals surface area contributed by atoms with Crippen LogP contribution in [-0.4, -0.2) is 11.3 Å². The summed E-state index contributed by atoms with van der Waals surface area (Å²) in [5, 5.41) is 5.53. The van der Waals surface area contributed by atoms with Gasteiger partial charge in [0.1, 0.15) is 11.5 Å². The lowest BCUT2D eigenvalue weighted by molar-refractivity contribution is -0.0567. The van der Waals surface area contributed by atoms with Gasteiger partial charge in [0.25, 0.3) is 0 Å². The van der Waals surface area contributed by atoms with Crippen LogP contribution in [0.25, 0.3) is 11.3 Å². The maximum absolute atomic E-state index is 6.41. The number of fused-ring (bicyclic) bond motifs is 2. The lowest BCUT2D eigenvalue weighted by atomic mass is 9.64. The van der Waals surface area contributed by atoms with Crippen molar-refractivity contribution >= 4 is 23.2 Å². The van der Waals surface area contributed by atoms with E-state index in [1.807, 2.05) is 18.2 Å². The molecule has 4 aliphatic rings. The van der Waals surface area contributed by atoms with Gasteiger partial charge < -0.3 is 9.26 Å². The second-order valence-corrected chi connectivity index (χ2v) is 8.67. The first-order valence-electron chi connectivity index (χ1n) is 9.23. The van der Waals surface area contributed by atoms with E-state index in [0.29, 0.717) is 28.7 Å². The van der Waals surface area contributed by atoms with Gasteiger partial charge >= 0.3 is 0 Å². The molecular formula is C20H21Cl2NO2. The number of nitrogens with zero attached hydrogens (tertiary/aromatic N) is 1. The van der Waals surface area contributed by atoms with E-state index in [0.717, 1.165) is 47.3 Å². The number of aromatic nitrogens is 1. The van der Waals surface area contributed by atoms with Gasteiger partial charge in [0.05, 0.1) is 22.8 Å². The monoisotopic (exact) mass is 377 g/mol. The molecule has 0 N–H and O–H groups in total. The molecule has 0 atom stereocenters. The average molecular weight is 378 g/mol. The van der Waals surface area contributed by atoms with Crippen molar-refractivity contribution in [1.29, 1.82) is 0 Å². The molecule has 0 radical (unpaired) electrons. The zero-order valence-electron chi connectivity index (χ0n) is 14.0. The van der Waals surface area contributed by atoms with E-state index in [2.05, 4.69) is 5.16 Å². The molecule has 2 aromatic rings. The number of ether oxygens (including phenoxy) is 1. The molecule has 132 valence electrons. The fourth-order valence-electron chi connectivity index (χ4n) is 4.48. The minimum Gasteiger partial charge on any atom is -0.373 e. The van der Waals surface area contributed by atoms with Crippen molar-refractivity contribution < 1.29 is 9.26 Å². The number of rotatable bonds is 5. The van der Waals surface area contributed by atoms with Gasteiger partial charge in [0.15, 0.2) is 0 Å². The fraction of sp³-hybridized carbons (Fsp3) is 0.550. The maximum Gasteiger partial charge on any atom is 0.145 e. The van der Waals surface area contributed by atoms with Crippen LogP contribution in [0.4, 0.5) is 0 Å². The van der Waals surface area contributed by atoms with Crippen LogP contribution in [0.15, 0.2) is 22.7 Å². The fourth-order valence-corrected chi connectivity index (χ4v) is 5.06. The van der Waals surface area contributed by atoms with Gasteiger partial charge in [-0.1, -0.05) is 34.4 Å². The minimum atomic E-state index is 0.369. The van der Waals surface area contributed by atoms with Crippen molar-refractivity contribution in [1.82, 2.24) is 5.16 Å². The molecule has 4 saturated carbocycles. The summed E-state index contributed by atoms with van der Waals surface area (Å²) in [5.41, 5.74) is 2.54. The van der Waals surface area contributed by atoms with Gasteiger partial charge in [-0.25, -0.2) is 0 Å². The Labute approximate surface area is 157 Å². The lowest BCUT2D eigenvalue weighted by Crippen LogP contribution is -2.37. The number of hydrogen-bond acceptors (Lipinski definition) is 3. The standard InChI is InChI=1S/C20H21Cl2NO2/c21-16-2-1-3-17(22)18(16)19-15(20(25-23-19)13-4-5-13)10-24-14-8-11-6-12(7-11)9-14/h1-3,11-14H,4-10H2. The van der Waals surface area contributed by atoms with E-state index >= 15 is 0 Å². The number of hydrogen-bond donors (Lipinski definition) is 0. The van der Waals surface area contributed by atoms with Crippen LogP contribution < -0.4 is 0 Å². The normalized spacial score (nSPS) is 28.0. The zero-order valence-corrected chi connectivity index (χ0v) is 15.5. The highest BCUT2D eigenvalue weighted by Gasteiger charge is 2.39. The van der Waals surface area contributed by atoms with Gasteiger partial charge in [-0.3, -0.25) is 0 Å². The molecule has 0 unspecified atom stereocenters. The Kier molecular flexibility index (Phi) is 4.07. The molecule has 4 aliphatic carbocycles. The summed E-state index contributed by atoms with van der Waals surface area (Å²) < 4.78 is 12.0. The summed E-state index contributed by atoms with van der Waals surface area (Å²) in [6.45, 7) is 0.538. The Morgan fingerprint density at radius 2 is 1.72 bits per heavy atom. The Morgan fingerprint density at radius 1 is 1.04 bits per heavy atom. The molecular weight excluding hydrogens is 357 g/mol. The molecule has 5 heteroatoms. The summed E-state index contributed by atoms with van der Waals surface area (Å²) in [5.74, 6) is 3.20. The van der Waals surface area contributed by atoms with Gasteiger partial charge in [0, 0.05) is 17.0 Å². The molecule has 3 nitrogen and oxygen atoms in total. The zero-order chi connectivity index (χ0) is 17.0. The second kappa shape index (κ2) is 6.29. The molecule has 2 bridgehead atoms. The number of benzene rings is 1. The molecule has 1 heterocycles. The molecule has 4 fully saturated rings. The molecule has 0 saturated heterocycles. The van der Waals surface area contributed by atoms with Crippen LogP contribution in [-0.2, 0) is 11.3 Å². The van der Waals surface area contributed by atoms with Crippen LogP contribution in [0.1, 0.15) is 55.8 Å². The molecule has 1 aromatic heterocycles. The van der Waals surface area contributed by atoms with Crippen molar-refractivity contribution in [3.63, 3.8) is 0 Å². The topological polar surface area (TPSA) is 35.3 Å². The largest absolute Gasteiger partial charge is 0.373 e. The van der Waals surface area contributed by atoms with Crippen molar-refractivity contribution in [2.75, 3.05) is 0 Å². The average Bonchev–Trinajstić information content (AvgIpc) is 3.34. The lowest BCUT2D eigenvalue weighted by Gasteiger charge is -2.44. The second-order valence-electron chi connectivity index (χ2n) is 7.85. The van der Waals surface area contributed by atoms with E-state index in [1.54, 1.807) is 0 Å². The van der Waals surface area contributed by atoms with Crippen LogP contribution >= 0.6 is 23.2 Å². The summed E-state index contributed by atoms with van der Waals surface area (Å²) in [6.07, 6.45) is 7.89. The highest BCUT2D eigenvalue weighted by molar-refractivity contribution is 6.39. The van der Waals surface area contributed by atoms with Gasteiger partial charge in [-0.15, -0.1) is 0 Å². The maximum atomic E-state index is 6.41. The first-order valence-corrected chi connectivity index (χ1v) is 9.99. The van der Waals surface area contributed by atoms with Crippen molar-refractivity contribution in [3.8, 4) is 11.3 Å². The molecule has 25 heavy (non-hydrogen) atoms. The van der Waals surface area contributed by atoms with E-state index in [4.69, 9.17) is 32.5 Å². The number of halogens is 2. The van der Waals surface area contributed by atoms with Gasteiger partial charge in [-0.2, -0.15) is 0 Å². The molecule has 0 spiro atoms. The van der Waals surface area contributed by atoms with E-state index in [9.17, 15) is 0 Å². The van der Waals surface area contributed by atoms with Crippen molar-refractivity contribution in [2.45, 2.75) is 57.2 Å². The van der Waals surface area contributed by atoms with Gasteiger partial charge in [-0.05, 0) is 62.5 Å². The molecule has 0 aliphatic heterocycles. The van der Waals surface area contributed by atoms with E-state index < -0.39 is 0 Å². The quantitative estimate of drug-likeness (QED) is 0.619. The third-order valence-corrected chi connectivity index (χ3v) is 6.59. The smallest absolute Gasteiger partial charge is 0.145 e. The first-order chi connectivity index (χ1) is 12.2. The summed E-state index contributed by atoms with van der Waals surface area (Å²) in [7, 11) is 0. The van der Waals surface area contributed by atoms with E-state index in [-0.39, 0.29) is 0 Å². The summed E-state index contributed by atoms with van der Waals surface area (Å²) in [4.78, 5) is 0. The van der Waals surface area contributed by atoms with Crippen molar-refractivity contribution in [3.05, 3.63) is 39.6 Å².